The van der Waals surface area contributed by atoms with Crippen LogP contribution in [0.5, 0.6) is 5.75 Å². The number of hydrogen-bond acceptors (Lipinski definition) is 5. The summed E-state index contributed by atoms with van der Waals surface area (Å²) in [6.45, 7) is 6.84. The third-order valence-corrected chi connectivity index (χ3v) is 4.86. The zero-order valence-electron chi connectivity index (χ0n) is 17.8. The van der Waals surface area contributed by atoms with Crippen molar-refractivity contribution in [1.82, 2.24) is 9.99 Å². The van der Waals surface area contributed by atoms with E-state index in [1.807, 2.05) is 56.5 Å². The predicted molar refractivity (Wildman–Crippen MR) is 119 cm³/mol. The number of aryl methyl sites for hydroxylation is 1. The maximum atomic E-state index is 11.9. The van der Waals surface area contributed by atoms with Crippen molar-refractivity contribution in [2.24, 2.45) is 5.10 Å². The number of para-hydroxylation sites is 1. The number of nitrogens with one attached hydrogen (secondary N) is 1. The molecule has 2 aromatic carbocycles. The van der Waals surface area contributed by atoms with E-state index in [4.69, 9.17) is 9.47 Å². The lowest BCUT2D eigenvalue weighted by Gasteiger charge is -2.10. The first-order valence-corrected chi connectivity index (χ1v) is 9.89. The predicted octanol–water partition coefficient (Wildman–Crippen LogP) is 4.40. The summed E-state index contributed by atoms with van der Waals surface area (Å²) >= 11 is 0. The minimum absolute atomic E-state index is 0.307. The lowest BCUT2D eigenvalue weighted by atomic mass is 10.2. The van der Waals surface area contributed by atoms with Gasteiger partial charge >= 0.3 is 5.97 Å². The van der Waals surface area contributed by atoms with Crippen molar-refractivity contribution in [3.05, 3.63) is 82.7 Å². The van der Waals surface area contributed by atoms with Gasteiger partial charge in [0.05, 0.1) is 32.0 Å². The summed E-state index contributed by atoms with van der Waals surface area (Å²) in [7, 11) is 1.66. The normalized spacial score (nSPS) is 10.9. The standard InChI is InChI=1S/C24H27N3O3/c1-5-30-24(28)19-10-12-22(13-11-19)27-17(2)14-21(18(27)3)16-26-25-15-20-8-6-7-9-23(20)29-4/h6-14,16,25H,5,15H2,1-4H3/b26-16-. The summed E-state index contributed by atoms with van der Waals surface area (Å²) in [6, 6.07) is 17.4. The Kier molecular flexibility index (Phi) is 6.91. The molecular weight excluding hydrogens is 378 g/mol. The second-order valence-corrected chi connectivity index (χ2v) is 6.83. The summed E-state index contributed by atoms with van der Waals surface area (Å²) in [4.78, 5) is 11.9. The van der Waals surface area contributed by atoms with Crippen LogP contribution in [-0.4, -0.2) is 30.5 Å². The molecule has 0 amide bonds. The molecular formula is C24H27N3O3. The van der Waals surface area contributed by atoms with Gasteiger partial charge in [-0.2, -0.15) is 5.10 Å². The fourth-order valence-electron chi connectivity index (χ4n) is 3.37. The molecule has 0 unspecified atom stereocenters. The smallest absolute Gasteiger partial charge is 0.338 e. The molecule has 1 heterocycles. The van der Waals surface area contributed by atoms with E-state index in [1.54, 1.807) is 26.2 Å². The summed E-state index contributed by atoms with van der Waals surface area (Å²) in [5.74, 6) is 0.531. The first-order valence-electron chi connectivity index (χ1n) is 9.89. The van der Waals surface area contributed by atoms with E-state index in [0.29, 0.717) is 18.7 Å². The average molecular weight is 405 g/mol. The van der Waals surface area contributed by atoms with Crippen LogP contribution in [0.1, 0.15) is 39.8 Å². The van der Waals surface area contributed by atoms with E-state index in [2.05, 4.69) is 21.2 Å². The first kappa shape index (κ1) is 21.2. The quantitative estimate of drug-likeness (QED) is 0.343. The van der Waals surface area contributed by atoms with Gasteiger partial charge in [0, 0.05) is 28.2 Å². The first-order chi connectivity index (χ1) is 14.5. The van der Waals surface area contributed by atoms with Crippen molar-refractivity contribution in [1.29, 1.82) is 0 Å². The van der Waals surface area contributed by atoms with Gasteiger partial charge in [0.25, 0.3) is 0 Å². The molecule has 1 N–H and O–H groups in total. The molecule has 3 rings (SSSR count). The van der Waals surface area contributed by atoms with E-state index in [-0.39, 0.29) is 5.97 Å². The maximum Gasteiger partial charge on any atom is 0.338 e. The number of carbonyl (C=O) groups is 1. The second-order valence-electron chi connectivity index (χ2n) is 6.83. The number of methoxy groups -OCH3 is 1. The Balaban J connectivity index is 1.72. The van der Waals surface area contributed by atoms with Crippen LogP contribution in [0.25, 0.3) is 5.69 Å². The van der Waals surface area contributed by atoms with E-state index in [9.17, 15) is 4.79 Å². The molecule has 0 saturated carbocycles. The van der Waals surface area contributed by atoms with Crippen molar-refractivity contribution < 1.29 is 14.3 Å². The molecule has 0 spiro atoms. The molecule has 0 fully saturated rings. The molecule has 0 bridgehead atoms. The molecule has 6 heteroatoms. The number of rotatable bonds is 8. The van der Waals surface area contributed by atoms with Crippen LogP contribution in [0.2, 0.25) is 0 Å². The lowest BCUT2D eigenvalue weighted by molar-refractivity contribution is 0.0526. The van der Waals surface area contributed by atoms with Crippen LogP contribution in [0.3, 0.4) is 0 Å². The Morgan fingerprint density at radius 1 is 1.13 bits per heavy atom. The maximum absolute atomic E-state index is 11.9. The third-order valence-electron chi connectivity index (χ3n) is 4.86. The summed E-state index contributed by atoms with van der Waals surface area (Å²) in [5, 5.41) is 4.37. The number of aromatic nitrogens is 1. The summed E-state index contributed by atoms with van der Waals surface area (Å²) in [6.07, 6.45) is 1.82. The Morgan fingerprint density at radius 3 is 2.57 bits per heavy atom. The van der Waals surface area contributed by atoms with Gasteiger partial charge in [-0.05, 0) is 57.2 Å². The number of hydrazone groups is 1. The number of ether oxygens (including phenoxy) is 2. The highest BCUT2D eigenvalue weighted by Gasteiger charge is 2.11. The van der Waals surface area contributed by atoms with Crippen LogP contribution in [0.15, 0.2) is 59.7 Å². The topological polar surface area (TPSA) is 64.9 Å². The van der Waals surface area contributed by atoms with Gasteiger partial charge in [0.2, 0.25) is 0 Å². The molecule has 0 radical (unpaired) electrons. The van der Waals surface area contributed by atoms with Crippen LogP contribution < -0.4 is 10.2 Å². The fourth-order valence-corrected chi connectivity index (χ4v) is 3.37. The van der Waals surface area contributed by atoms with Gasteiger partial charge in [0.1, 0.15) is 5.75 Å². The van der Waals surface area contributed by atoms with Gasteiger partial charge in [-0.25, -0.2) is 4.79 Å². The van der Waals surface area contributed by atoms with Gasteiger partial charge in [-0.3, -0.25) is 0 Å². The highest BCUT2D eigenvalue weighted by molar-refractivity contribution is 5.89. The zero-order valence-corrected chi connectivity index (χ0v) is 17.8. The summed E-state index contributed by atoms with van der Waals surface area (Å²) in [5.41, 5.74) is 8.84. The molecule has 0 atom stereocenters. The van der Waals surface area contributed by atoms with Crippen LogP contribution in [0.4, 0.5) is 0 Å². The molecule has 6 nitrogen and oxygen atoms in total. The lowest BCUT2D eigenvalue weighted by Crippen LogP contribution is -2.07. The molecule has 30 heavy (non-hydrogen) atoms. The molecule has 0 aliphatic heterocycles. The Hall–Kier alpha value is -3.54. The molecule has 0 aliphatic carbocycles. The minimum atomic E-state index is -0.307. The Morgan fingerprint density at radius 2 is 1.87 bits per heavy atom. The molecule has 0 saturated heterocycles. The minimum Gasteiger partial charge on any atom is -0.496 e. The number of nitrogens with zero attached hydrogens (tertiary/aromatic N) is 2. The fraction of sp³-hybridized carbons (Fsp3) is 0.250. The number of benzene rings is 2. The molecule has 156 valence electrons. The van der Waals surface area contributed by atoms with Gasteiger partial charge in [-0.15, -0.1) is 0 Å². The van der Waals surface area contributed by atoms with Crippen molar-refractivity contribution >= 4 is 12.2 Å². The Bertz CT molecular complexity index is 1040. The highest BCUT2D eigenvalue weighted by atomic mass is 16.5. The van der Waals surface area contributed by atoms with E-state index in [1.165, 1.54) is 0 Å². The number of hydrogen-bond donors (Lipinski definition) is 1. The monoisotopic (exact) mass is 405 g/mol. The SMILES string of the molecule is CCOC(=O)c1ccc(-n2c(C)cc(/C=N\NCc3ccccc3OC)c2C)cc1. The van der Waals surface area contributed by atoms with E-state index in [0.717, 1.165) is 34.0 Å². The van der Waals surface area contributed by atoms with Crippen LogP contribution in [-0.2, 0) is 11.3 Å². The zero-order chi connectivity index (χ0) is 21.5. The molecule has 0 aliphatic rings. The number of esters is 1. The summed E-state index contributed by atoms with van der Waals surface area (Å²) < 4.78 is 12.5. The van der Waals surface area contributed by atoms with Crippen molar-refractivity contribution in [3.8, 4) is 11.4 Å². The Labute approximate surface area is 177 Å². The van der Waals surface area contributed by atoms with Gasteiger partial charge in [-0.1, -0.05) is 18.2 Å². The largest absolute Gasteiger partial charge is 0.496 e. The van der Waals surface area contributed by atoms with Crippen LogP contribution in [0, 0.1) is 13.8 Å². The van der Waals surface area contributed by atoms with Crippen molar-refractivity contribution in [2.75, 3.05) is 13.7 Å². The molecule has 1 aromatic heterocycles. The van der Waals surface area contributed by atoms with Crippen molar-refractivity contribution in [3.63, 3.8) is 0 Å². The van der Waals surface area contributed by atoms with E-state index < -0.39 is 0 Å². The van der Waals surface area contributed by atoms with E-state index >= 15 is 0 Å². The molecule has 3 aromatic rings. The van der Waals surface area contributed by atoms with Crippen LogP contribution >= 0.6 is 0 Å². The number of carbonyl (C=O) groups excluding carboxylic acids is 1. The average Bonchev–Trinajstić information content (AvgIpc) is 3.04. The second kappa shape index (κ2) is 9.78. The van der Waals surface area contributed by atoms with Gasteiger partial charge < -0.3 is 19.5 Å². The highest BCUT2D eigenvalue weighted by Crippen LogP contribution is 2.21. The third kappa shape index (κ3) is 4.71. The van der Waals surface area contributed by atoms with Crippen molar-refractivity contribution in [2.45, 2.75) is 27.3 Å². The van der Waals surface area contributed by atoms with Gasteiger partial charge in [0.15, 0.2) is 0 Å².